The molecule has 0 radical (unpaired) electrons. The van der Waals surface area contributed by atoms with Gasteiger partial charge in [0, 0.05) is 18.2 Å². The molecular weight excluding hydrogens is 206 g/mol. The Morgan fingerprint density at radius 3 is 2.50 bits per heavy atom. The number of phenols is 1. The minimum absolute atomic E-state index is 0.198. The Kier molecular flexibility index (Phi) is 4.15. The first-order valence-corrected chi connectivity index (χ1v) is 5.19. The fraction of sp³-hybridized carbons (Fsp3) is 0.500. The lowest BCUT2D eigenvalue weighted by atomic mass is 10.2. The van der Waals surface area contributed by atoms with E-state index in [1.54, 1.807) is 25.3 Å². The summed E-state index contributed by atoms with van der Waals surface area (Å²) in [4.78, 5) is 5.35. The second kappa shape index (κ2) is 5.18. The Hall–Kier alpha value is -1.26. The van der Waals surface area contributed by atoms with Gasteiger partial charge in [-0.25, -0.2) is 0 Å². The normalized spacial score (nSPS) is 11.5. The van der Waals surface area contributed by atoms with Gasteiger partial charge in [-0.15, -0.1) is 0 Å². The summed E-state index contributed by atoms with van der Waals surface area (Å²) in [6.07, 6.45) is 0. The largest absolute Gasteiger partial charge is 0.507 e. The number of aromatic hydroxyl groups is 1. The monoisotopic (exact) mass is 225 g/mol. The fourth-order valence-corrected chi connectivity index (χ4v) is 1.15. The quantitative estimate of drug-likeness (QED) is 0.771. The average Bonchev–Trinajstić information content (AvgIpc) is 2.18. The van der Waals surface area contributed by atoms with E-state index in [0.29, 0.717) is 12.3 Å². The Balaban J connectivity index is 2.55. The molecule has 0 fully saturated rings. The summed E-state index contributed by atoms with van der Waals surface area (Å²) in [5, 5.41) is 9.68. The summed E-state index contributed by atoms with van der Waals surface area (Å²) < 4.78 is 5.00. The van der Waals surface area contributed by atoms with Crippen LogP contribution in [0.3, 0.4) is 0 Å². The highest BCUT2D eigenvalue weighted by molar-refractivity contribution is 5.39. The Morgan fingerprint density at radius 1 is 1.31 bits per heavy atom. The molecule has 0 saturated heterocycles. The third-order valence-electron chi connectivity index (χ3n) is 1.93. The maximum atomic E-state index is 9.68. The van der Waals surface area contributed by atoms with Crippen LogP contribution in [0.1, 0.15) is 26.3 Å². The molecule has 0 saturated carbocycles. The standard InChI is InChI=1S/C12H19NO3/c1-12(2,3)16-13-8-9-5-6-10(15-4)7-11(9)14/h5-7,13-14H,8H2,1-4H3. The lowest BCUT2D eigenvalue weighted by molar-refractivity contribution is -0.0759. The number of hydrogen-bond acceptors (Lipinski definition) is 4. The van der Waals surface area contributed by atoms with Gasteiger partial charge in [-0.1, -0.05) is 6.07 Å². The van der Waals surface area contributed by atoms with Crippen LogP contribution in [-0.4, -0.2) is 17.8 Å². The van der Waals surface area contributed by atoms with Gasteiger partial charge in [-0.3, -0.25) is 4.84 Å². The second-order valence-electron chi connectivity index (χ2n) is 4.53. The molecule has 0 heterocycles. The molecule has 1 rings (SSSR count). The molecule has 4 nitrogen and oxygen atoms in total. The number of rotatable bonds is 4. The minimum atomic E-state index is -0.248. The van der Waals surface area contributed by atoms with Gasteiger partial charge in [0.1, 0.15) is 11.5 Å². The van der Waals surface area contributed by atoms with Crippen molar-refractivity contribution in [1.29, 1.82) is 0 Å². The third-order valence-corrected chi connectivity index (χ3v) is 1.93. The maximum absolute atomic E-state index is 9.68. The summed E-state index contributed by atoms with van der Waals surface area (Å²) in [5.41, 5.74) is 3.34. The maximum Gasteiger partial charge on any atom is 0.123 e. The zero-order valence-corrected chi connectivity index (χ0v) is 10.2. The summed E-state index contributed by atoms with van der Waals surface area (Å²) in [6, 6.07) is 5.18. The fourth-order valence-electron chi connectivity index (χ4n) is 1.15. The Bertz CT molecular complexity index is 345. The Morgan fingerprint density at radius 2 is 2.00 bits per heavy atom. The van der Waals surface area contributed by atoms with Crippen molar-refractivity contribution in [2.24, 2.45) is 0 Å². The molecule has 0 bridgehead atoms. The van der Waals surface area contributed by atoms with E-state index in [0.717, 1.165) is 5.56 Å². The zero-order valence-electron chi connectivity index (χ0n) is 10.2. The van der Waals surface area contributed by atoms with E-state index < -0.39 is 0 Å². The van der Waals surface area contributed by atoms with E-state index >= 15 is 0 Å². The molecule has 0 amide bonds. The Labute approximate surface area is 96.1 Å². The lowest BCUT2D eigenvalue weighted by Gasteiger charge is -2.19. The summed E-state index contributed by atoms with van der Waals surface area (Å²) >= 11 is 0. The molecule has 4 heteroatoms. The number of hydrogen-bond donors (Lipinski definition) is 2. The van der Waals surface area contributed by atoms with Gasteiger partial charge < -0.3 is 9.84 Å². The number of hydroxylamine groups is 1. The van der Waals surface area contributed by atoms with E-state index in [9.17, 15) is 5.11 Å². The van der Waals surface area contributed by atoms with Gasteiger partial charge in [0.15, 0.2) is 0 Å². The van der Waals surface area contributed by atoms with E-state index in [-0.39, 0.29) is 11.4 Å². The van der Waals surface area contributed by atoms with Crippen LogP contribution >= 0.6 is 0 Å². The highest BCUT2D eigenvalue weighted by Gasteiger charge is 2.10. The molecule has 2 N–H and O–H groups in total. The number of benzene rings is 1. The first-order chi connectivity index (χ1) is 7.42. The van der Waals surface area contributed by atoms with Gasteiger partial charge in [0.25, 0.3) is 0 Å². The van der Waals surface area contributed by atoms with Crippen LogP contribution in [0.15, 0.2) is 18.2 Å². The van der Waals surface area contributed by atoms with Crippen molar-refractivity contribution in [2.75, 3.05) is 7.11 Å². The van der Waals surface area contributed by atoms with Crippen molar-refractivity contribution in [3.05, 3.63) is 23.8 Å². The van der Waals surface area contributed by atoms with Gasteiger partial charge in [0.05, 0.1) is 12.7 Å². The van der Waals surface area contributed by atoms with Gasteiger partial charge >= 0.3 is 0 Å². The van der Waals surface area contributed by atoms with Crippen LogP contribution in [0, 0.1) is 0 Å². The van der Waals surface area contributed by atoms with Gasteiger partial charge in [0.2, 0.25) is 0 Å². The van der Waals surface area contributed by atoms with Crippen LogP contribution in [0.25, 0.3) is 0 Å². The predicted octanol–water partition coefficient (Wildman–Crippen LogP) is 2.22. The number of methoxy groups -OCH3 is 1. The molecule has 0 aliphatic carbocycles. The highest BCUT2D eigenvalue weighted by Crippen LogP contribution is 2.23. The molecule has 1 aromatic carbocycles. The number of phenolic OH excluding ortho intramolecular Hbond substituents is 1. The topological polar surface area (TPSA) is 50.7 Å². The van der Waals surface area contributed by atoms with Crippen LogP contribution in [0.4, 0.5) is 0 Å². The first-order valence-electron chi connectivity index (χ1n) is 5.19. The second-order valence-corrected chi connectivity index (χ2v) is 4.53. The lowest BCUT2D eigenvalue weighted by Crippen LogP contribution is -2.28. The van der Waals surface area contributed by atoms with Crippen molar-refractivity contribution in [3.8, 4) is 11.5 Å². The van der Waals surface area contributed by atoms with Crippen LogP contribution in [0.5, 0.6) is 11.5 Å². The highest BCUT2D eigenvalue weighted by atomic mass is 16.7. The third kappa shape index (κ3) is 4.08. The van der Waals surface area contributed by atoms with Crippen molar-refractivity contribution >= 4 is 0 Å². The summed E-state index contributed by atoms with van der Waals surface area (Å²) in [7, 11) is 1.56. The predicted molar refractivity (Wildman–Crippen MR) is 62.3 cm³/mol. The molecule has 0 aliphatic heterocycles. The van der Waals surface area contributed by atoms with E-state index in [1.807, 2.05) is 20.8 Å². The van der Waals surface area contributed by atoms with Gasteiger partial charge in [-0.2, -0.15) is 5.48 Å². The SMILES string of the molecule is COc1ccc(CNOC(C)(C)C)c(O)c1. The molecule has 16 heavy (non-hydrogen) atoms. The van der Waals surface area contributed by atoms with E-state index in [4.69, 9.17) is 9.57 Å². The smallest absolute Gasteiger partial charge is 0.123 e. The van der Waals surface area contributed by atoms with Crippen molar-refractivity contribution < 1.29 is 14.7 Å². The molecule has 0 unspecified atom stereocenters. The summed E-state index contributed by atoms with van der Waals surface area (Å²) in [6.45, 7) is 6.31. The minimum Gasteiger partial charge on any atom is -0.507 e. The number of ether oxygens (including phenoxy) is 1. The van der Waals surface area contributed by atoms with Crippen LogP contribution in [-0.2, 0) is 11.4 Å². The molecule has 0 aliphatic rings. The average molecular weight is 225 g/mol. The van der Waals surface area contributed by atoms with Crippen LogP contribution < -0.4 is 10.2 Å². The summed E-state index contributed by atoms with van der Waals surface area (Å²) in [5.74, 6) is 0.836. The molecule has 0 aromatic heterocycles. The zero-order chi connectivity index (χ0) is 12.2. The molecule has 1 aromatic rings. The molecule has 90 valence electrons. The number of nitrogens with one attached hydrogen (secondary N) is 1. The van der Waals surface area contributed by atoms with E-state index in [1.165, 1.54) is 0 Å². The van der Waals surface area contributed by atoms with Crippen LogP contribution in [0.2, 0.25) is 0 Å². The van der Waals surface area contributed by atoms with Crippen molar-refractivity contribution in [1.82, 2.24) is 5.48 Å². The molecule has 0 atom stereocenters. The van der Waals surface area contributed by atoms with Gasteiger partial charge in [-0.05, 0) is 26.8 Å². The first kappa shape index (κ1) is 12.8. The van der Waals surface area contributed by atoms with Crippen molar-refractivity contribution in [2.45, 2.75) is 32.9 Å². The van der Waals surface area contributed by atoms with Crippen molar-refractivity contribution in [3.63, 3.8) is 0 Å². The molecular formula is C12H19NO3. The molecule has 0 spiro atoms. The van der Waals surface area contributed by atoms with E-state index in [2.05, 4.69) is 5.48 Å².